The Balaban J connectivity index is 3.22. The molecule has 0 heterocycles. The van der Waals surface area contributed by atoms with Gasteiger partial charge in [0.2, 0.25) is 0 Å². The second-order valence-corrected chi connectivity index (χ2v) is 4.06. The highest BCUT2D eigenvalue weighted by Gasteiger charge is 1.84. The number of nitrogens with two attached hydrogens (primary N) is 1. The van der Waals surface area contributed by atoms with Crippen molar-refractivity contribution in [3.63, 3.8) is 0 Å². The van der Waals surface area contributed by atoms with Crippen LogP contribution in [0.2, 0.25) is 0 Å². The molecule has 1 nitrogen and oxygen atoms in total. The van der Waals surface area contributed by atoms with Crippen molar-refractivity contribution in [2.24, 2.45) is 5.73 Å². The fourth-order valence-electron chi connectivity index (χ4n) is 1.45. The quantitative estimate of drug-likeness (QED) is 0.835. The van der Waals surface area contributed by atoms with E-state index >= 15 is 0 Å². The Morgan fingerprint density at radius 3 is 1.89 bits per heavy atom. The maximum Gasteiger partial charge on any atom is -0.00367 e. The first-order chi connectivity index (χ1) is 8.83. The molecule has 1 aromatic rings. The third-order valence-corrected chi connectivity index (χ3v) is 2.44. The van der Waals surface area contributed by atoms with E-state index in [-0.39, 0.29) is 0 Å². The summed E-state index contributed by atoms with van der Waals surface area (Å²) in [5.41, 5.74) is 8.07. The Labute approximate surface area is 110 Å². The molecule has 1 aromatic carbocycles. The normalized spacial score (nSPS) is 9.00. The molecule has 0 radical (unpaired) electrons. The Bertz CT molecular complexity index is 463. The van der Waals surface area contributed by atoms with E-state index < -0.39 is 0 Å². The van der Waals surface area contributed by atoms with Crippen LogP contribution in [0.15, 0.2) is 72.8 Å². The van der Waals surface area contributed by atoms with Gasteiger partial charge in [-0.25, -0.2) is 0 Å². The zero-order valence-corrected chi connectivity index (χ0v) is 10.9. The molecular formula is C17H21N. The zero-order valence-electron chi connectivity index (χ0n) is 10.9. The van der Waals surface area contributed by atoms with E-state index in [4.69, 9.17) is 5.73 Å². The van der Waals surface area contributed by atoms with Gasteiger partial charge in [-0.15, -0.1) is 0 Å². The molecule has 0 aliphatic heterocycles. The molecule has 1 rings (SSSR count). The van der Waals surface area contributed by atoms with Crippen LogP contribution in [0.5, 0.6) is 0 Å². The van der Waals surface area contributed by atoms with Crippen molar-refractivity contribution in [3.05, 3.63) is 83.9 Å². The molecule has 94 valence electrons. The molecule has 0 amide bonds. The van der Waals surface area contributed by atoms with Crippen molar-refractivity contribution < 1.29 is 0 Å². The molecule has 0 saturated carbocycles. The van der Waals surface area contributed by atoms with Crippen LogP contribution in [-0.4, -0.2) is 6.54 Å². The summed E-state index contributed by atoms with van der Waals surface area (Å²) in [5, 5.41) is 0. The molecule has 0 aromatic heterocycles. The third-order valence-electron chi connectivity index (χ3n) is 2.44. The fraction of sp³-hybridized carbons (Fsp3) is 0.176. The van der Waals surface area contributed by atoms with Crippen LogP contribution in [-0.2, 0) is 6.42 Å². The van der Waals surface area contributed by atoms with E-state index in [9.17, 15) is 0 Å². The van der Waals surface area contributed by atoms with Gasteiger partial charge in [0, 0.05) is 0 Å². The van der Waals surface area contributed by atoms with Crippen LogP contribution in [0.1, 0.15) is 11.1 Å². The minimum absolute atomic E-state index is 0.672. The SMILES string of the molecule is Cc1ccccccccccc(CCN)cc1. The monoisotopic (exact) mass is 239 g/mol. The summed E-state index contributed by atoms with van der Waals surface area (Å²) in [6, 6.07) is 24.6. The van der Waals surface area contributed by atoms with E-state index in [0.29, 0.717) is 6.54 Å². The maximum absolute atomic E-state index is 5.61. The number of hydrogen-bond donors (Lipinski definition) is 1. The molecule has 0 aliphatic rings. The van der Waals surface area contributed by atoms with Crippen LogP contribution >= 0.6 is 0 Å². The van der Waals surface area contributed by atoms with Gasteiger partial charge in [-0.2, -0.15) is 0 Å². The van der Waals surface area contributed by atoms with Crippen LogP contribution in [0, 0.1) is 6.92 Å². The zero-order chi connectivity index (χ0) is 13.1. The number of rotatable bonds is 2. The van der Waals surface area contributed by atoms with Crippen molar-refractivity contribution >= 4 is 0 Å². The summed E-state index contributed by atoms with van der Waals surface area (Å²) in [7, 11) is 0. The van der Waals surface area contributed by atoms with Crippen LogP contribution in [0.25, 0.3) is 0 Å². The smallest absolute Gasteiger partial charge is 0.00367 e. The van der Waals surface area contributed by atoms with E-state index in [1.807, 2.05) is 48.5 Å². The molecule has 1 heteroatoms. The minimum atomic E-state index is 0.672. The number of hydrogen-bond acceptors (Lipinski definition) is 1. The average Bonchev–Trinajstić information content (AvgIpc) is 2.37. The summed E-state index contributed by atoms with van der Waals surface area (Å²) >= 11 is 0. The lowest BCUT2D eigenvalue weighted by Crippen LogP contribution is -2.01. The first-order valence-corrected chi connectivity index (χ1v) is 6.25. The molecule has 0 spiro atoms. The first-order valence-electron chi connectivity index (χ1n) is 6.25. The summed E-state index contributed by atoms with van der Waals surface area (Å²) in [5.74, 6) is 0. The molecule has 0 aliphatic carbocycles. The van der Waals surface area contributed by atoms with Gasteiger partial charge in [0.1, 0.15) is 0 Å². The molecule has 0 saturated heterocycles. The highest BCUT2D eigenvalue weighted by molar-refractivity contribution is 5.15. The summed E-state index contributed by atoms with van der Waals surface area (Å²) in [6.45, 7) is 2.76. The van der Waals surface area contributed by atoms with Gasteiger partial charge in [0.05, 0.1) is 0 Å². The van der Waals surface area contributed by atoms with Gasteiger partial charge in [0.25, 0.3) is 0 Å². The Morgan fingerprint density at radius 1 is 0.722 bits per heavy atom. The first kappa shape index (κ1) is 14.2. The van der Waals surface area contributed by atoms with Gasteiger partial charge in [0.15, 0.2) is 0 Å². The van der Waals surface area contributed by atoms with Crippen LogP contribution < -0.4 is 5.73 Å². The third kappa shape index (κ3) is 6.66. The number of aryl methyl sites for hydroxylation is 1. The van der Waals surface area contributed by atoms with Gasteiger partial charge in [-0.1, -0.05) is 78.4 Å². The maximum atomic E-state index is 5.61. The lowest BCUT2D eigenvalue weighted by Gasteiger charge is -1.93. The molecule has 18 heavy (non-hydrogen) atoms. The average molecular weight is 239 g/mol. The Morgan fingerprint density at radius 2 is 1.28 bits per heavy atom. The largest absolute Gasteiger partial charge is 0.330 e. The standard InChI is InChI=1S/C17H21N/c1-16-10-8-6-4-2-3-5-7-9-11-17(13-12-16)14-15-18/h2-13H,14-15,18H2,1H3. The van der Waals surface area contributed by atoms with Crippen LogP contribution in [0.4, 0.5) is 0 Å². The molecule has 0 atom stereocenters. The molecule has 0 bridgehead atoms. The molecular weight excluding hydrogens is 218 g/mol. The lowest BCUT2D eigenvalue weighted by atomic mass is 10.2. The van der Waals surface area contributed by atoms with Crippen molar-refractivity contribution in [2.45, 2.75) is 13.3 Å². The Hall–Kier alpha value is -1.86. The minimum Gasteiger partial charge on any atom is -0.330 e. The van der Waals surface area contributed by atoms with Crippen molar-refractivity contribution in [3.8, 4) is 0 Å². The summed E-state index contributed by atoms with van der Waals surface area (Å²) < 4.78 is 0. The topological polar surface area (TPSA) is 26.0 Å². The predicted octanol–water partition coefficient (Wildman–Crippen LogP) is 3.75. The fourth-order valence-corrected chi connectivity index (χ4v) is 1.45. The van der Waals surface area contributed by atoms with Crippen molar-refractivity contribution in [1.29, 1.82) is 0 Å². The van der Waals surface area contributed by atoms with Crippen molar-refractivity contribution in [2.75, 3.05) is 6.54 Å². The second-order valence-electron chi connectivity index (χ2n) is 4.06. The van der Waals surface area contributed by atoms with Crippen LogP contribution in [0.3, 0.4) is 0 Å². The van der Waals surface area contributed by atoms with Crippen molar-refractivity contribution in [1.82, 2.24) is 0 Å². The van der Waals surface area contributed by atoms with Gasteiger partial charge < -0.3 is 5.73 Å². The van der Waals surface area contributed by atoms with E-state index in [1.54, 1.807) is 0 Å². The summed E-state index contributed by atoms with van der Waals surface area (Å²) in [6.07, 6.45) is 0.896. The van der Waals surface area contributed by atoms with E-state index in [2.05, 4.69) is 31.2 Å². The lowest BCUT2D eigenvalue weighted by molar-refractivity contribution is 0.970. The predicted molar refractivity (Wildman–Crippen MR) is 79.2 cm³/mol. The highest BCUT2D eigenvalue weighted by Crippen LogP contribution is 1.97. The Kier molecular flexibility index (Phi) is 7.26. The molecule has 0 fully saturated rings. The van der Waals surface area contributed by atoms with Gasteiger partial charge in [-0.3, -0.25) is 0 Å². The molecule has 0 unspecified atom stereocenters. The van der Waals surface area contributed by atoms with Gasteiger partial charge >= 0.3 is 0 Å². The highest BCUT2D eigenvalue weighted by atomic mass is 14.5. The second kappa shape index (κ2) is 9.20. The van der Waals surface area contributed by atoms with E-state index in [0.717, 1.165) is 6.42 Å². The summed E-state index contributed by atoms with van der Waals surface area (Å²) in [4.78, 5) is 0. The van der Waals surface area contributed by atoms with E-state index in [1.165, 1.54) is 11.1 Å². The molecule has 2 N–H and O–H groups in total. The van der Waals surface area contributed by atoms with Gasteiger partial charge in [-0.05, 0) is 25.5 Å².